The van der Waals surface area contributed by atoms with Gasteiger partial charge in [-0.1, -0.05) is 6.08 Å². The Bertz CT molecular complexity index is 315. The summed E-state index contributed by atoms with van der Waals surface area (Å²) in [4.78, 5) is 1.98. The van der Waals surface area contributed by atoms with Crippen molar-refractivity contribution in [1.29, 1.82) is 10.0 Å². The molecule has 0 saturated heterocycles. The summed E-state index contributed by atoms with van der Waals surface area (Å²) in [5.41, 5.74) is 0. The zero-order chi connectivity index (χ0) is 11.0. The molecule has 0 bridgehead atoms. The predicted molar refractivity (Wildman–Crippen MR) is 58.8 cm³/mol. The minimum atomic E-state index is -0.250. The summed E-state index contributed by atoms with van der Waals surface area (Å²) in [5, 5.41) is 8.46. The number of nitrogens with one attached hydrogen (secondary N) is 1. The molecular formula is C8H10BrN3OS. The topological polar surface area (TPSA) is 68.0 Å². The molecule has 6 heteroatoms. The van der Waals surface area contributed by atoms with Gasteiger partial charge in [0.25, 0.3) is 0 Å². The summed E-state index contributed by atoms with van der Waals surface area (Å²) >= 11 is 3.10. The van der Waals surface area contributed by atoms with Gasteiger partial charge >= 0.3 is 0 Å². The molecule has 0 saturated carbocycles. The molecule has 0 radical (unpaired) electrons. The van der Waals surface area contributed by atoms with Crippen molar-refractivity contribution in [2.75, 3.05) is 6.54 Å². The van der Waals surface area contributed by atoms with Gasteiger partial charge in [0.15, 0.2) is 11.5 Å². The molecule has 0 aromatic heterocycles. The van der Waals surface area contributed by atoms with Gasteiger partial charge in [0, 0.05) is 16.7 Å². The van der Waals surface area contributed by atoms with Gasteiger partial charge in [0.2, 0.25) is 0 Å². The molecule has 0 aromatic carbocycles. The van der Waals surface area contributed by atoms with E-state index in [1.165, 1.54) is 0 Å². The first kappa shape index (κ1) is 13.1. The average Bonchev–Trinajstić information content (AvgIpc) is 2.13. The second-order valence-corrected chi connectivity index (χ2v) is 3.61. The first-order valence-corrected chi connectivity index (χ1v) is 5.33. The molecule has 0 spiro atoms. The maximum absolute atomic E-state index is 8.51. The van der Waals surface area contributed by atoms with Gasteiger partial charge in [-0.05, 0) is 28.9 Å². The third kappa shape index (κ3) is 4.94. The number of nitrogens with zero attached hydrogens (tertiary/aromatic N) is 2. The van der Waals surface area contributed by atoms with Crippen molar-refractivity contribution in [2.45, 2.75) is 13.0 Å². The van der Waals surface area contributed by atoms with Crippen LogP contribution >= 0.6 is 15.9 Å². The van der Waals surface area contributed by atoms with Gasteiger partial charge in [0.05, 0.1) is 6.07 Å². The molecule has 1 aliphatic rings. The molecule has 1 N–H and O–H groups in total. The molecule has 0 aromatic rings. The molecule has 14 heavy (non-hydrogen) atoms. The Kier molecular flexibility index (Phi) is 6.98. The molecule has 1 aliphatic heterocycles. The van der Waals surface area contributed by atoms with Crippen molar-refractivity contribution < 1.29 is 4.21 Å². The maximum atomic E-state index is 8.51. The summed E-state index contributed by atoms with van der Waals surface area (Å²) in [6, 6.07) is 2.44. The van der Waals surface area contributed by atoms with Crippen LogP contribution in [0.4, 0.5) is 0 Å². The Morgan fingerprint density at radius 3 is 2.93 bits per heavy atom. The third-order valence-electron chi connectivity index (χ3n) is 1.60. The minimum absolute atomic E-state index is 0.250. The number of allylic oxidation sites excluding steroid dienone is 2. The average molecular weight is 276 g/mol. The van der Waals surface area contributed by atoms with Crippen molar-refractivity contribution in [3.05, 3.63) is 22.8 Å². The quantitative estimate of drug-likeness (QED) is 0.744. The van der Waals surface area contributed by atoms with Gasteiger partial charge in [-0.3, -0.25) is 0 Å². The highest BCUT2D eigenvalue weighted by Crippen LogP contribution is 2.16. The van der Waals surface area contributed by atoms with Gasteiger partial charge in [-0.25, -0.2) is 4.78 Å². The van der Waals surface area contributed by atoms with Crippen LogP contribution in [-0.2, 0) is 11.5 Å². The highest BCUT2D eigenvalue weighted by molar-refractivity contribution is 9.11. The first-order valence-electron chi connectivity index (χ1n) is 3.79. The normalized spacial score (nSPS) is 18.8. The number of halogens is 1. The van der Waals surface area contributed by atoms with Crippen LogP contribution in [-0.4, -0.2) is 21.7 Å². The third-order valence-corrected chi connectivity index (χ3v) is 2.07. The molecule has 1 atom stereocenters. The predicted octanol–water partition coefficient (Wildman–Crippen LogP) is 1.97. The monoisotopic (exact) mass is 275 g/mol. The van der Waals surface area contributed by atoms with Crippen molar-refractivity contribution in [3.8, 4) is 6.07 Å². The van der Waals surface area contributed by atoms with E-state index < -0.39 is 0 Å². The van der Waals surface area contributed by atoms with E-state index in [1.54, 1.807) is 0 Å². The summed E-state index contributed by atoms with van der Waals surface area (Å²) < 4.78 is 15.1. The smallest absolute Gasteiger partial charge is 0.196 e. The Hall–Kier alpha value is -0.930. The molecule has 4 nitrogen and oxygen atoms in total. The van der Waals surface area contributed by atoms with Crippen molar-refractivity contribution >= 4 is 27.4 Å². The number of rotatable bonds is 1. The van der Waals surface area contributed by atoms with E-state index in [1.807, 2.05) is 17.2 Å². The number of hydrogen-bond acceptors (Lipinski definition) is 4. The lowest BCUT2D eigenvalue weighted by molar-refractivity contribution is 0.370. The first-order chi connectivity index (χ1) is 6.65. The number of hydrogen-bond donors (Lipinski definition) is 1. The van der Waals surface area contributed by atoms with Crippen molar-refractivity contribution in [1.82, 2.24) is 4.90 Å². The molecule has 1 heterocycles. The van der Waals surface area contributed by atoms with E-state index in [0.717, 1.165) is 4.48 Å². The highest BCUT2D eigenvalue weighted by Gasteiger charge is 2.09. The number of nitriles is 1. The van der Waals surface area contributed by atoms with Crippen LogP contribution in [0.5, 0.6) is 0 Å². The van der Waals surface area contributed by atoms with Gasteiger partial charge < -0.3 is 4.90 Å². The van der Waals surface area contributed by atoms with Gasteiger partial charge in [-0.2, -0.15) is 9.47 Å². The maximum Gasteiger partial charge on any atom is 0.196 e. The van der Waals surface area contributed by atoms with Crippen LogP contribution in [0.2, 0.25) is 0 Å². The summed E-state index contributed by atoms with van der Waals surface area (Å²) in [6.07, 6.45) is 5.99. The SMILES string of the molecule is CC1C=CC(Br)=CN1CC#N.N=S=O. The van der Waals surface area contributed by atoms with E-state index in [9.17, 15) is 0 Å². The molecule has 76 valence electrons. The molecule has 1 rings (SSSR count). The van der Waals surface area contributed by atoms with Gasteiger partial charge in [0.1, 0.15) is 6.54 Å². The summed E-state index contributed by atoms with van der Waals surface area (Å²) in [7, 11) is 0. The van der Waals surface area contributed by atoms with Crippen molar-refractivity contribution in [3.63, 3.8) is 0 Å². The van der Waals surface area contributed by atoms with E-state index in [2.05, 4.69) is 35.0 Å². The van der Waals surface area contributed by atoms with Crippen LogP contribution in [0.1, 0.15) is 6.92 Å². The van der Waals surface area contributed by atoms with Crippen LogP contribution in [0.25, 0.3) is 0 Å². The molecule has 0 amide bonds. The van der Waals surface area contributed by atoms with Crippen LogP contribution in [0, 0.1) is 16.1 Å². The minimum Gasteiger partial charge on any atom is -0.357 e. The Morgan fingerprint density at radius 2 is 2.43 bits per heavy atom. The molecular weight excluding hydrogens is 266 g/mol. The summed E-state index contributed by atoms with van der Waals surface area (Å²) in [5.74, 6) is 0. The van der Waals surface area contributed by atoms with E-state index in [-0.39, 0.29) is 11.5 Å². The van der Waals surface area contributed by atoms with E-state index in [4.69, 9.17) is 14.3 Å². The molecule has 0 aliphatic carbocycles. The van der Waals surface area contributed by atoms with E-state index >= 15 is 0 Å². The Labute approximate surface area is 95.1 Å². The van der Waals surface area contributed by atoms with Crippen LogP contribution in [0.15, 0.2) is 22.8 Å². The summed E-state index contributed by atoms with van der Waals surface area (Å²) in [6.45, 7) is 2.50. The van der Waals surface area contributed by atoms with Crippen LogP contribution < -0.4 is 0 Å². The van der Waals surface area contributed by atoms with Crippen molar-refractivity contribution in [2.24, 2.45) is 0 Å². The Balaban J connectivity index is 0.000000500. The zero-order valence-electron chi connectivity index (χ0n) is 7.61. The molecule has 0 fully saturated rings. The highest BCUT2D eigenvalue weighted by atomic mass is 79.9. The zero-order valence-corrected chi connectivity index (χ0v) is 10.0. The lowest BCUT2D eigenvalue weighted by Gasteiger charge is -2.25. The lowest BCUT2D eigenvalue weighted by atomic mass is 10.2. The van der Waals surface area contributed by atoms with Crippen LogP contribution in [0.3, 0.4) is 0 Å². The second kappa shape index (κ2) is 7.47. The lowest BCUT2D eigenvalue weighted by Crippen LogP contribution is -2.28. The fraction of sp³-hybridized carbons (Fsp3) is 0.375. The van der Waals surface area contributed by atoms with Gasteiger partial charge in [-0.15, -0.1) is 0 Å². The van der Waals surface area contributed by atoms with E-state index in [0.29, 0.717) is 12.6 Å². The largest absolute Gasteiger partial charge is 0.357 e. The molecule has 1 unspecified atom stereocenters. The fourth-order valence-electron chi connectivity index (χ4n) is 0.932. The second-order valence-electron chi connectivity index (χ2n) is 2.53. The Morgan fingerprint density at radius 1 is 1.86 bits per heavy atom. The standard InChI is InChI=1S/C8H9BrN2.HNOS/c1-7-2-3-8(9)6-11(7)5-4-10;1-3-2/h2-3,6-7H,5H2,1H3;1H. The fourth-order valence-corrected chi connectivity index (χ4v) is 1.35.